The summed E-state index contributed by atoms with van der Waals surface area (Å²) in [6.45, 7) is 2.56. The molecule has 0 aliphatic carbocycles. The molecule has 2 fully saturated rings. The van der Waals surface area contributed by atoms with Crippen molar-refractivity contribution in [3.63, 3.8) is 0 Å². The maximum absolute atomic E-state index is 13.2. The van der Waals surface area contributed by atoms with Gasteiger partial charge in [0.15, 0.2) is 0 Å². The monoisotopic (exact) mass is 397 g/mol. The van der Waals surface area contributed by atoms with Crippen LogP contribution in [0.15, 0.2) is 54.6 Å². The Morgan fingerprint density at radius 2 is 1.71 bits per heavy atom. The largest absolute Gasteiger partial charge is 0.369 e. The van der Waals surface area contributed by atoms with Gasteiger partial charge in [-0.3, -0.25) is 14.5 Å². The Hall–Kier alpha value is -2.37. The molecule has 2 saturated heterocycles. The Labute approximate surface area is 170 Å². The van der Waals surface area contributed by atoms with Gasteiger partial charge in [-0.05, 0) is 23.1 Å². The lowest BCUT2D eigenvalue weighted by atomic mass is 9.89. The standard InChI is InChI=1S/C22H24ClN3O2/c23-19-9-5-4-8-16(19)10-21(28)26-12-17-11-25(14-20(24)27)13-18(17)22(26)15-6-2-1-3-7-15/h1-9,17-18,22H,10-14H2,(H2,24,27)/t17-,18-,22+/m0/s1. The van der Waals surface area contributed by atoms with E-state index < -0.39 is 0 Å². The summed E-state index contributed by atoms with van der Waals surface area (Å²) in [6, 6.07) is 17.7. The molecule has 2 heterocycles. The van der Waals surface area contributed by atoms with E-state index in [9.17, 15) is 9.59 Å². The SMILES string of the molecule is NC(=O)CN1C[C@H]2CN(C(=O)Cc3ccccc3Cl)[C@H](c3ccccc3)[C@H]2C1. The van der Waals surface area contributed by atoms with Crippen LogP contribution in [0.5, 0.6) is 0 Å². The van der Waals surface area contributed by atoms with Crippen molar-refractivity contribution >= 4 is 23.4 Å². The molecule has 2 N–H and O–H groups in total. The lowest BCUT2D eigenvalue weighted by molar-refractivity contribution is -0.132. The first-order chi connectivity index (χ1) is 13.5. The van der Waals surface area contributed by atoms with Crippen molar-refractivity contribution in [1.29, 1.82) is 0 Å². The molecular formula is C22H24ClN3O2. The third-order valence-electron chi connectivity index (χ3n) is 5.88. The highest BCUT2D eigenvalue weighted by molar-refractivity contribution is 6.31. The zero-order chi connectivity index (χ0) is 19.7. The molecular weight excluding hydrogens is 374 g/mol. The van der Waals surface area contributed by atoms with Gasteiger partial charge in [0, 0.05) is 30.6 Å². The summed E-state index contributed by atoms with van der Waals surface area (Å²) < 4.78 is 0. The molecule has 0 unspecified atom stereocenters. The van der Waals surface area contributed by atoms with Crippen molar-refractivity contribution in [1.82, 2.24) is 9.80 Å². The summed E-state index contributed by atoms with van der Waals surface area (Å²) in [4.78, 5) is 28.7. The van der Waals surface area contributed by atoms with Crippen LogP contribution in [0.25, 0.3) is 0 Å². The van der Waals surface area contributed by atoms with Crippen molar-refractivity contribution < 1.29 is 9.59 Å². The fourth-order valence-electron chi connectivity index (χ4n) is 4.73. The van der Waals surface area contributed by atoms with Gasteiger partial charge < -0.3 is 10.6 Å². The Balaban J connectivity index is 1.58. The third kappa shape index (κ3) is 3.77. The Morgan fingerprint density at radius 3 is 2.43 bits per heavy atom. The molecule has 0 saturated carbocycles. The van der Waals surface area contributed by atoms with E-state index in [1.54, 1.807) is 0 Å². The highest BCUT2D eigenvalue weighted by Gasteiger charge is 2.48. The van der Waals surface area contributed by atoms with Crippen molar-refractivity contribution in [2.75, 3.05) is 26.2 Å². The van der Waals surface area contributed by atoms with Crippen molar-refractivity contribution in [2.45, 2.75) is 12.5 Å². The van der Waals surface area contributed by atoms with Gasteiger partial charge in [-0.2, -0.15) is 0 Å². The molecule has 2 aromatic carbocycles. The predicted molar refractivity (Wildman–Crippen MR) is 109 cm³/mol. The molecule has 146 valence electrons. The number of fused-ring (bicyclic) bond motifs is 1. The van der Waals surface area contributed by atoms with Crippen LogP contribution in [0, 0.1) is 11.8 Å². The van der Waals surface area contributed by atoms with Gasteiger partial charge in [0.25, 0.3) is 0 Å². The lowest BCUT2D eigenvalue weighted by Gasteiger charge is -2.30. The number of carbonyl (C=O) groups is 2. The minimum absolute atomic E-state index is 0.0130. The number of benzene rings is 2. The summed E-state index contributed by atoms with van der Waals surface area (Å²) in [7, 11) is 0. The minimum Gasteiger partial charge on any atom is -0.369 e. The summed E-state index contributed by atoms with van der Waals surface area (Å²) in [5.41, 5.74) is 7.38. The zero-order valence-electron chi connectivity index (χ0n) is 15.6. The van der Waals surface area contributed by atoms with E-state index in [1.807, 2.05) is 47.4 Å². The van der Waals surface area contributed by atoms with Gasteiger partial charge in [0.2, 0.25) is 11.8 Å². The topological polar surface area (TPSA) is 66.6 Å². The molecule has 0 spiro atoms. The van der Waals surface area contributed by atoms with E-state index in [2.05, 4.69) is 17.0 Å². The number of amides is 2. The van der Waals surface area contributed by atoms with Crippen LogP contribution in [0.1, 0.15) is 17.2 Å². The van der Waals surface area contributed by atoms with E-state index in [0.29, 0.717) is 29.8 Å². The molecule has 28 heavy (non-hydrogen) atoms. The molecule has 6 heteroatoms. The predicted octanol–water partition coefficient (Wildman–Crippen LogP) is 2.50. The molecule has 2 aromatic rings. The second-order valence-corrected chi connectivity index (χ2v) is 8.16. The number of likely N-dealkylation sites (tertiary alicyclic amines) is 2. The highest BCUT2D eigenvalue weighted by atomic mass is 35.5. The zero-order valence-corrected chi connectivity index (χ0v) is 16.4. The lowest BCUT2D eigenvalue weighted by Crippen LogP contribution is -2.38. The fourth-order valence-corrected chi connectivity index (χ4v) is 4.93. The number of nitrogens with two attached hydrogens (primary N) is 1. The molecule has 0 bridgehead atoms. The van der Waals surface area contributed by atoms with Crippen LogP contribution >= 0.6 is 11.6 Å². The third-order valence-corrected chi connectivity index (χ3v) is 6.25. The highest BCUT2D eigenvalue weighted by Crippen LogP contribution is 2.45. The number of primary amides is 1. The molecule has 2 aliphatic rings. The number of hydrogen-bond donors (Lipinski definition) is 1. The number of hydrogen-bond acceptors (Lipinski definition) is 3. The normalized spacial score (nSPS) is 24.3. The van der Waals surface area contributed by atoms with Crippen molar-refractivity contribution in [3.8, 4) is 0 Å². The molecule has 3 atom stereocenters. The van der Waals surface area contributed by atoms with Crippen molar-refractivity contribution in [2.24, 2.45) is 17.6 Å². The van der Waals surface area contributed by atoms with Crippen molar-refractivity contribution in [3.05, 3.63) is 70.7 Å². The fraction of sp³-hybridized carbons (Fsp3) is 0.364. The Bertz CT molecular complexity index is 873. The second-order valence-electron chi connectivity index (χ2n) is 7.75. The van der Waals surface area contributed by atoms with Gasteiger partial charge in [-0.25, -0.2) is 0 Å². The van der Waals surface area contributed by atoms with E-state index in [4.69, 9.17) is 17.3 Å². The van der Waals surface area contributed by atoms with Crippen LogP contribution in [0.2, 0.25) is 5.02 Å². The first-order valence-corrected chi connectivity index (χ1v) is 9.99. The van der Waals surface area contributed by atoms with Crippen LogP contribution in [-0.2, 0) is 16.0 Å². The van der Waals surface area contributed by atoms with Gasteiger partial charge in [0.05, 0.1) is 19.0 Å². The smallest absolute Gasteiger partial charge is 0.231 e. The van der Waals surface area contributed by atoms with E-state index in [1.165, 1.54) is 0 Å². The van der Waals surface area contributed by atoms with Gasteiger partial charge in [-0.1, -0.05) is 60.1 Å². The average molecular weight is 398 g/mol. The summed E-state index contributed by atoms with van der Waals surface area (Å²) >= 11 is 6.27. The Morgan fingerprint density at radius 1 is 1.00 bits per heavy atom. The van der Waals surface area contributed by atoms with E-state index >= 15 is 0 Å². The molecule has 0 aromatic heterocycles. The maximum atomic E-state index is 13.2. The first-order valence-electron chi connectivity index (χ1n) is 9.61. The average Bonchev–Trinajstić information content (AvgIpc) is 3.20. The first kappa shape index (κ1) is 19.0. The molecule has 0 radical (unpaired) electrons. The maximum Gasteiger partial charge on any atom is 0.231 e. The molecule has 2 aliphatic heterocycles. The summed E-state index contributed by atoms with van der Waals surface area (Å²) in [5, 5.41) is 0.624. The molecule has 4 rings (SSSR count). The number of carbonyl (C=O) groups excluding carboxylic acids is 2. The van der Waals surface area contributed by atoms with Crippen LogP contribution in [0.4, 0.5) is 0 Å². The van der Waals surface area contributed by atoms with Crippen LogP contribution in [0.3, 0.4) is 0 Å². The summed E-state index contributed by atoms with van der Waals surface area (Å²) in [6.07, 6.45) is 0.299. The Kier molecular flexibility index (Phi) is 5.38. The van der Waals surface area contributed by atoms with Gasteiger partial charge in [-0.15, -0.1) is 0 Å². The van der Waals surface area contributed by atoms with Crippen LogP contribution in [-0.4, -0.2) is 47.8 Å². The number of nitrogens with zero attached hydrogens (tertiary/aromatic N) is 2. The van der Waals surface area contributed by atoms with Gasteiger partial charge in [0.1, 0.15) is 0 Å². The summed E-state index contributed by atoms with van der Waals surface area (Å²) in [5.74, 6) is 0.442. The molecule has 2 amide bonds. The van der Waals surface area contributed by atoms with E-state index in [0.717, 1.165) is 24.2 Å². The molecule has 5 nitrogen and oxygen atoms in total. The minimum atomic E-state index is -0.303. The second kappa shape index (κ2) is 7.94. The van der Waals surface area contributed by atoms with E-state index in [-0.39, 0.29) is 24.4 Å². The number of halogens is 1. The van der Waals surface area contributed by atoms with Gasteiger partial charge >= 0.3 is 0 Å². The quantitative estimate of drug-likeness (QED) is 0.842. The van der Waals surface area contributed by atoms with Crippen LogP contribution < -0.4 is 5.73 Å². The number of rotatable bonds is 5.